The molecule has 1 aromatic heterocycles. The monoisotopic (exact) mass is 368 g/mol. The summed E-state index contributed by atoms with van der Waals surface area (Å²) in [6.07, 6.45) is -0.342. The molecule has 0 atom stereocenters. The van der Waals surface area contributed by atoms with Gasteiger partial charge in [0.25, 0.3) is 0 Å². The van der Waals surface area contributed by atoms with Crippen molar-refractivity contribution in [1.29, 1.82) is 0 Å². The third-order valence-corrected chi connectivity index (χ3v) is 4.06. The highest BCUT2D eigenvalue weighted by atomic mass is 19.4. The number of anilines is 3. The van der Waals surface area contributed by atoms with Gasteiger partial charge in [-0.05, 0) is 56.6 Å². The number of aryl methyl sites for hydroxylation is 1. The molecule has 0 spiro atoms. The molecular formula is C17H23F3N6. The predicted molar refractivity (Wildman–Crippen MR) is 97.2 cm³/mol. The maximum absolute atomic E-state index is 12.7. The van der Waals surface area contributed by atoms with E-state index in [-0.39, 0.29) is 11.5 Å². The van der Waals surface area contributed by atoms with Gasteiger partial charge in [0.1, 0.15) is 5.82 Å². The van der Waals surface area contributed by atoms with Crippen molar-refractivity contribution in [3.8, 4) is 11.3 Å². The zero-order chi connectivity index (χ0) is 19.3. The molecule has 142 valence electrons. The Morgan fingerprint density at radius 2 is 1.62 bits per heavy atom. The molecule has 1 fully saturated rings. The first-order valence-corrected chi connectivity index (χ1v) is 8.28. The molecule has 2 aromatic rings. The minimum Gasteiger partial charge on any atom is -0.397 e. The van der Waals surface area contributed by atoms with E-state index in [1.54, 1.807) is 13.0 Å². The molecule has 1 aromatic carbocycles. The fraction of sp³-hybridized carbons (Fsp3) is 0.412. The second-order valence-corrected chi connectivity index (χ2v) is 6.10. The van der Waals surface area contributed by atoms with Crippen LogP contribution in [0.5, 0.6) is 0 Å². The fourth-order valence-corrected chi connectivity index (χ4v) is 2.66. The first-order valence-electron chi connectivity index (χ1n) is 8.28. The highest BCUT2D eigenvalue weighted by Crippen LogP contribution is 2.40. The number of hydrogen-bond acceptors (Lipinski definition) is 6. The van der Waals surface area contributed by atoms with Gasteiger partial charge in [0, 0.05) is 5.56 Å². The van der Waals surface area contributed by atoms with Gasteiger partial charge < -0.3 is 22.5 Å². The molecule has 0 bridgehead atoms. The van der Waals surface area contributed by atoms with Crippen LogP contribution in [0.1, 0.15) is 30.4 Å². The Kier molecular flexibility index (Phi) is 6.25. The average molecular weight is 368 g/mol. The zero-order valence-corrected chi connectivity index (χ0v) is 14.5. The van der Waals surface area contributed by atoms with Gasteiger partial charge in [0.05, 0.1) is 22.6 Å². The highest BCUT2D eigenvalue weighted by Gasteiger charge is 2.34. The molecule has 2 heterocycles. The third kappa shape index (κ3) is 4.75. The van der Waals surface area contributed by atoms with E-state index >= 15 is 0 Å². The second-order valence-electron chi connectivity index (χ2n) is 6.10. The molecule has 3 rings (SSSR count). The molecule has 0 aliphatic carbocycles. The summed E-state index contributed by atoms with van der Waals surface area (Å²) in [6.45, 7) is 4.20. The van der Waals surface area contributed by atoms with Gasteiger partial charge in [-0.25, -0.2) is 0 Å². The Morgan fingerprint density at radius 3 is 2.08 bits per heavy atom. The smallest absolute Gasteiger partial charge is 0.397 e. The van der Waals surface area contributed by atoms with Gasteiger partial charge in [-0.2, -0.15) is 13.2 Å². The van der Waals surface area contributed by atoms with Gasteiger partial charge in [0.2, 0.25) is 0 Å². The van der Waals surface area contributed by atoms with Crippen molar-refractivity contribution in [2.24, 2.45) is 0 Å². The zero-order valence-electron chi connectivity index (χ0n) is 14.5. The van der Waals surface area contributed by atoms with E-state index in [0.29, 0.717) is 16.8 Å². The maximum Gasteiger partial charge on any atom is 0.418 e. The quantitative estimate of drug-likeness (QED) is 0.575. The SMILES string of the molecule is C1CCNCC1.Cc1cc(N)nnc1-c1ccc(C(F)(F)F)c(N)c1N. The summed E-state index contributed by atoms with van der Waals surface area (Å²) in [5.41, 5.74) is 16.2. The Balaban J connectivity index is 0.000000342. The summed E-state index contributed by atoms with van der Waals surface area (Å²) in [5.74, 6) is 0.213. The number of nitrogens with two attached hydrogens (primary N) is 3. The Hall–Kier alpha value is -2.55. The lowest BCUT2D eigenvalue weighted by Crippen LogP contribution is -2.21. The Bertz CT molecular complexity index is 745. The number of hydrogen-bond donors (Lipinski definition) is 4. The number of rotatable bonds is 1. The van der Waals surface area contributed by atoms with Crippen LogP contribution in [-0.2, 0) is 6.18 Å². The standard InChI is InChI=1S/C12H12F3N5.C5H11N/c1-5-4-8(16)19-20-11(5)6-2-3-7(12(13,14)15)10(18)9(6)17;1-2-4-6-5-3-1/h2-4H,17-18H2,1H3,(H2,16,19);6H,1-5H2. The molecule has 1 aliphatic rings. The van der Waals surface area contributed by atoms with Gasteiger partial charge in [0.15, 0.2) is 0 Å². The summed E-state index contributed by atoms with van der Waals surface area (Å²) in [5, 5.41) is 10.8. The number of aromatic nitrogens is 2. The molecule has 1 aliphatic heterocycles. The van der Waals surface area contributed by atoms with Crippen LogP contribution in [0.4, 0.5) is 30.4 Å². The molecule has 6 nitrogen and oxygen atoms in total. The number of nitrogen functional groups attached to an aromatic ring is 3. The predicted octanol–water partition coefficient (Wildman–Crippen LogP) is 2.98. The number of nitrogens with zero attached hydrogens (tertiary/aromatic N) is 2. The summed E-state index contributed by atoms with van der Waals surface area (Å²) in [4.78, 5) is 0. The van der Waals surface area contributed by atoms with Crippen LogP contribution in [0.15, 0.2) is 18.2 Å². The van der Waals surface area contributed by atoms with E-state index in [0.717, 1.165) is 6.07 Å². The third-order valence-electron chi connectivity index (χ3n) is 4.06. The van der Waals surface area contributed by atoms with E-state index in [9.17, 15) is 13.2 Å². The average Bonchev–Trinajstić information content (AvgIpc) is 2.59. The highest BCUT2D eigenvalue weighted by molar-refractivity contribution is 5.86. The van der Waals surface area contributed by atoms with Crippen molar-refractivity contribution < 1.29 is 13.2 Å². The topological polar surface area (TPSA) is 116 Å². The fourth-order valence-electron chi connectivity index (χ4n) is 2.66. The molecule has 0 saturated carbocycles. The molecule has 7 N–H and O–H groups in total. The molecule has 0 amide bonds. The van der Waals surface area contributed by atoms with Crippen molar-refractivity contribution in [2.45, 2.75) is 32.4 Å². The molecule has 9 heteroatoms. The van der Waals surface area contributed by atoms with Gasteiger partial charge >= 0.3 is 6.18 Å². The molecule has 0 unspecified atom stereocenters. The Morgan fingerprint density at radius 1 is 0.962 bits per heavy atom. The maximum atomic E-state index is 12.7. The van der Waals surface area contributed by atoms with E-state index in [4.69, 9.17) is 17.2 Å². The van der Waals surface area contributed by atoms with Crippen LogP contribution in [0.25, 0.3) is 11.3 Å². The molecule has 26 heavy (non-hydrogen) atoms. The summed E-state index contributed by atoms with van der Waals surface area (Å²) >= 11 is 0. The summed E-state index contributed by atoms with van der Waals surface area (Å²) < 4.78 is 38.1. The Labute approximate surface area is 150 Å². The lowest BCUT2D eigenvalue weighted by molar-refractivity contribution is -0.136. The van der Waals surface area contributed by atoms with Crippen LogP contribution in [0.3, 0.4) is 0 Å². The second kappa shape index (κ2) is 8.22. The van der Waals surface area contributed by atoms with E-state index in [1.807, 2.05) is 0 Å². The lowest BCUT2D eigenvalue weighted by Gasteiger charge is -2.15. The molecule has 0 radical (unpaired) electrons. The lowest BCUT2D eigenvalue weighted by atomic mass is 10.0. The van der Waals surface area contributed by atoms with Crippen molar-refractivity contribution >= 4 is 17.2 Å². The normalized spacial score (nSPS) is 14.5. The van der Waals surface area contributed by atoms with Crippen LogP contribution < -0.4 is 22.5 Å². The first-order chi connectivity index (χ1) is 12.2. The van der Waals surface area contributed by atoms with E-state index < -0.39 is 17.4 Å². The number of piperidine rings is 1. The molecule has 1 saturated heterocycles. The van der Waals surface area contributed by atoms with Crippen molar-refractivity contribution in [3.05, 3.63) is 29.3 Å². The van der Waals surface area contributed by atoms with Crippen LogP contribution in [0.2, 0.25) is 0 Å². The number of nitrogens with one attached hydrogen (secondary N) is 1. The first kappa shape index (κ1) is 19.8. The van der Waals surface area contributed by atoms with E-state index in [1.165, 1.54) is 38.4 Å². The molecular weight excluding hydrogens is 345 g/mol. The number of alkyl halides is 3. The summed E-state index contributed by atoms with van der Waals surface area (Å²) in [6, 6.07) is 3.65. The van der Waals surface area contributed by atoms with Gasteiger partial charge in [-0.3, -0.25) is 0 Å². The number of halogens is 3. The van der Waals surface area contributed by atoms with Crippen molar-refractivity contribution in [3.63, 3.8) is 0 Å². The van der Waals surface area contributed by atoms with Crippen LogP contribution >= 0.6 is 0 Å². The van der Waals surface area contributed by atoms with Crippen LogP contribution in [0, 0.1) is 6.92 Å². The minimum absolute atomic E-state index is 0.179. The van der Waals surface area contributed by atoms with Gasteiger partial charge in [-0.1, -0.05) is 6.42 Å². The van der Waals surface area contributed by atoms with Gasteiger partial charge in [-0.15, -0.1) is 10.2 Å². The van der Waals surface area contributed by atoms with Crippen molar-refractivity contribution in [2.75, 3.05) is 30.3 Å². The van der Waals surface area contributed by atoms with E-state index in [2.05, 4.69) is 15.5 Å². The largest absolute Gasteiger partial charge is 0.418 e. The van der Waals surface area contributed by atoms with Crippen LogP contribution in [-0.4, -0.2) is 23.3 Å². The summed E-state index contributed by atoms with van der Waals surface area (Å²) in [7, 11) is 0. The van der Waals surface area contributed by atoms with Crippen molar-refractivity contribution in [1.82, 2.24) is 15.5 Å². The minimum atomic E-state index is -4.56. The number of benzene rings is 1.